The number of guanidine groups is 1. The lowest BCUT2D eigenvalue weighted by molar-refractivity contribution is -0.333. The highest BCUT2D eigenvalue weighted by Crippen LogP contribution is 2.36. The number of nitrogens with one attached hydrogen (secondary N) is 2. The van der Waals surface area contributed by atoms with Crippen LogP contribution < -0.4 is 10.6 Å². The number of aliphatic hydroxyl groups is 10. The summed E-state index contributed by atoms with van der Waals surface area (Å²) in [6, 6.07) is 0. The van der Waals surface area contributed by atoms with Crippen molar-refractivity contribution in [2.75, 3.05) is 20.6 Å². The maximum Gasteiger partial charge on any atom is 0.334 e. The van der Waals surface area contributed by atoms with E-state index in [1.54, 1.807) is 72.0 Å². The van der Waals surface area contributed by atoms with Crippen molar-refractivity contribution in [1.82, 2.24) is 10.6 Å². The molecule has 18 nitrogen and oxygen atoms in total. The van der Waals surface area contributed by atoms with Crippen molar-refractivity contribution in [2.24, 2.45) is 40.5 Å². The quantitative estimate of drug-likeness (QED) is 0.0207. The summed E-state index contributed by atoms with van der Waals surface area (Å²) in [5.74, 6) is -4.00. The fourth-order valence-electron chi connectivity index (χ4n) is 10.9. The van der Waals surface area contributed by atoms with E-state index in [0.717, 1.165) is 76.7 Å². The Bertz CT molecular complexity index is 2000. The number of hydrogen-bond acceptors (Lipinski definition) is 16. The van der Waals surface area contributed by atoms with Gasteiger partial charge in [0.1, 0.15) is 18.3 Å². The van der Waals surface area contributed by atoms with Crippen molar-refractivity contribution in [3.05, 3.63) is 59.8 Å². The molecule has 0 unspecified atom stereocenters. The third-order valence-corrected chi connectivity index (χ3v) is 16.8. The predicted molar refractivity (Wildman–Crippen MR) is 327 cm³/mol. The second-order valence-corrected chi connectivity index (χ2v) is 24.9. The van der Waals surface area contributed by atoms with Gasteiger partial charge >= 0.3 is 11.9 Å². The Hall–Kier alpha value is -3.53. The van der Waals surface area contributed by atoms with E-state index in [4.69, 9.17) is 14.2 Å². The van der Waals surface area contributed by atoms with Crippen LogP contribution in [0.4, 0.5) is 0 Å². The monoisotopic (exact) mass is 1180 g/mol. The number of carbonyl (C=O) groups excluding carboxylic acids is 2. The normalized spacial score (nSPS) is 35.9. The molecule has 0 aromatic carbocycles. The van der Waals surface area contributed by atoms with Crippen LogP contribution in [0.3, 0.4) is 0 Å². The van der Waals surface area contributed by atoms with Crippen LogP contribution in [0.5, 0.6) is 0 Å². The molecule has 0 aromatic rings. The van der Waals surface area contributed by atoms with Crippen molar-refractivity contribution in [3.8, 4) is 0 Å². The number of allylic oxidation sites excluding steroid dienone is 6. The van der Waals surface area contributed by atoms with Crippen molar-refractivity contribution in [2.45, 2.75) is 276 Å². The molecule has 0 saturated carbocycles. The molecule has 2 rings (SSSR count). The fourth-order valence-corrected chi connectivity index (χ4v) is 10.9. The molecule has 2 aliphatic heterocycles. The summed E-state index contributed by atoms with van der Waals surface area (Å²) in [6.45, 7) is 17.8. The number of esters is 2. The lowest BCUT2D eigenvalue weighted by atomic mass is 9.84. The molecule has 0 aliphatic carbocycles. The van der Waals surface area contributed by atoms with Crippen LogP contribution in [-0.2, 0) is 23.8 Å². The van der Waals surface area contributed by atoms with E-state index in [1.807, 2.05) is 20.0 Å². The number of unbranched alkanes of at least 4 members (excludes halogenated alkanes) is 6. The first-order chi connectivity index (χ1) is 39.2. The third kappa shape index (κ3) is 30.1. The highest BCUT2D eigenvalue weighted by atomic mass is 16.7. The van der Waals surface area contributed by atoms with Gasteiger partial charge in [0, 0.05) is 88.9 Å². The number of aliphatic hydroxyl groups excluding tert-OH is 9. The summed E-state index contributed by atoms with van der Waals surface area (Å²) in [5.41, 5.74) is 0.893. The largest absolute Gasteiger partial charge is 0.462 e. The highest BCUT2D eigenvalue weighted by Gasteiger charge is 2.50. The topological polar surface area (TPSA) is 301 Å². The molecule has 2 heterocycles. The lowest BCUT2D eigenvalue weighted by Gasteiger charge is -2.45. The minimum absolute atomic E-state index is 0.0327. The van der Waals surface area contributed by atoms with E-state index < -0.39 is 115 Å². The Morgan fingerprint density at radius 2 is 1.37 bits per heavy atom. The number of nitrogens with zero attached hydrogens (tertiary/aromatic N) is 1. The fraction of sp³-hybridized carbons (Fsp3) is 0.800. The first-order valence-electron chi connectivity index (χ1n) is 31.4. The van der Waals surface area contributed by atoms with Gasteiger partial charge < -0.3 is 75.9 Å². The average Bonchev–Trinajstić information content (AvgIpc) is 3.60. The van der Waals surface area contributed by atoms with E-state index in [0.29, 0.717) is 23.5 Å². The number of carbonyl (C=O) groups is 2. The van der Waals surface area contributed by atoms with Gasteiger partial charge in [-0.2, -0.15) is 0 Å². The maximum atomic E-state index is 13.7. The van der Waals surface area contributed by atoms with Gasteiger partial charge in [-0.15, -0.1) is 0 Å². The summed E-state index contributed by atoms with van der Waals surface area (Å²) < 4.78 is 18.3. The summed E-state index contributed by atoms with van der Waals surface area (Å²) >= 11 is 0. The highest BCUT2D eigenvalue weighted by molar-refractivity contribution is 5.88. The summed E-state index contributed by atoms with van der Waals surface area (Å²) in [6.07, 6.45) is 10.5. The van der Waals surface area contributed by atoms with E-state index in [1.165, 1.54) is 0 Å². The van der Waals surface area contributed by atoms with Gasteiger partial charge in [0.2, 0.25) is 0 Å². The zero-order chi connectivity index (χ0) is 62.2. The van der Waals surface area contributed by atoms with Crippen LogP contribution in [0.1, 0.15) is 197 Å². The van der Waals surface area contributed by atoms with Crippen LogP contribution in [-0.4, -0.2) is 169 Å². The Labute approximate surface area is 498 Å². The summed E-state index contributed by atoms with van der Waals surface area (Å²) in [4.78, 5) is 31.2. The number of fused-ring (bicyclic) bond motifs is 2. The Morgan fingerprint density at radius 3 is 2.05 bits per heavy atom. The Kier molecular flexibility index (Phi) is 37.1. The molecule has 1 saturated heterocycles. The molecule has 0 spiro atoms. The molecule has 2 aliphatic rings. The van der Waals surface area contributed by atoms with Gasteiger partial charge in [-0.1, -0.05) is 129 Å². The van der Waals surface area contributed by atoms with Crippen molar-refractivity contribution >= 4 is 17.9 Å². The zero-order valence-corrected chi connectivity index (χ0v) is 52.5. The van der Waals surface area contributed by atoms with E-state index in [2.05, 4.69) is 48.5 Å². The molecular weight excluding hydrogens is 1060 g/mol. The number of hydrogen-bond donors (Lipinski definition) is 12. The maximum absolute atomic E-state index is 13.7. The molecule has 1 fully saturated rings. The van der Waals surface area contributed by atoms with Gasteiger partial charge in [-0.25, -0.2) is 4.79 Å². The molecule has 83 heavy (non-hydrogen) atoms. The first-order valence-corrected chi connectivity index (χ1v) is 31.4. The SMILES string of the molecule is CN=C(NC)NCCC/C=C/CCC[C@H](C)[C@@H]1OC(=O)/C(C)=C\C=C/[C@H](C)[C@@H](O)C[C@H](O)[C@@H](C)[C@H](O)CC[C@H](C)[C@@H](O)C[C@@]2(O)O[C@@H](C[C@@H](OC(=O)CCCCCCCC(C)C)C[C@H](O)C[C@@H](O)C[C@H](O)/C(C)=C\C=C/[C@H]1C)C[C@@H](O)[C@@H]2O. The van der Waals surface area contributed by atoms with Gasteiger partial charge in [-0.05, 0) is 95.0 Å². The molecule has 2 bridgehead atoms. The molecule has 12 N–H and O–H groups in total. The van der Waals surface area contributed by atoms with Crippen molar-refractivity contribution in [1.29, 1.82) is 0 Å². The molecular formula is C65H115N3O15. The van der Waals surface area contributed by atoms with Crippen molar-refractivity contribution in [3.63, 3.8) is 0 Å². The van der Waals surface area contributed by atoms with Crippen molar-refractivity contribution < 1.29 is 74.9 Å². The van der Waals surface area contributed by atoms with E-state index >= 15 is 0 Å². The Morgan fingerprint density at radius 1 is 0.735 bits per heavy atom. The van der Waals surface area contributed by atoms with Crippen LogP contribution in [0.15, 0.2) is 64.7 Å². The summed E-state index contributed by atoms with van der Waals surface area (Å²) in [7, 11) is 3.55. The molecule has 18 atom stereocenters. The van der Waals surface area contributed by atoms with E-state index in [9.17, 15) is 60.7 Å². The van der Waals surface area contributed by atoms with Crippen LogP contribution in [0.25, 0.3) is 0 Å². The minimum atomic E-state index is -2.43. The molecule has 0 radical (unpaired) electrons. The standard InChI is InChI=1S/C65H115N3O15/c1-42(2)25-19-15-14-17-21-31-60(77)81-52-36-50(69)35-51(70)37-55(72)43(3)27-23-29-47(7)61(46(6)26-20-16-12-13-18-22-34-68-64(66-10)67-11)82-63(79)48(8)30-24-28-44(4)56(73)40-57(74)49(9)54(71)33-32-45(5)59(76)41-65(80)62(78)58(75)39-53(38-52)83-65/h12-13,23-24,27-30,42,44-47,49-59,61-62,69-76,78,80H,14-22,25-26,31-41H2,1-11H3,(H2,66,67,68)/b13-12+,28-24-,29-23-,43-27-,48-30-/t44-,45-,46-,47+,49-,50+,51+,52-,53-,54+,55-,56-,57-,58+,59-,61-,62-,65+/m0/s1. The Balaban J connectivity index is 2.43. The van der Waals surface area contributed by atoms with Gasteiger partial charge in [0.15, 0.2) is 11.7 Å². The number of rotatable bonds is 18. The minimum Gasteiger partial charge on any atom is -0.462 e. The smallest absolute Gasteiger partial charge is 0.334 e. The zero-order valence-electron chi connectivity index (χ0n) is 52.5. The van der Waals surface area contributed by atoms with Crippen LogP contribution in [0, 0.1) is 35.5 Å². The second kappa shape index (κ2) is 40.8. The first kappa shape index (κ1) is 75.6. The number of ether oxygens (including phenoxy) is 3. The molecule has 18 heteroatoms. The molecule has 0 aromatic heterocycles. The second-order valence-electron chi connectivity index (χ2n) is 24.9. The third-order valence-electron chi connectivity index (χ3n) is 16.8. The summed E-state index contributed by atoms with van der Waals surface area (Å²) in [5, 5.41) is 119. The number of aliphatic imine (C=N–C) groups is 1. The predicted octanol–water partition coefficient (Wildman–Crippen LogP) is 7.54. The molecule has 480 valence electrons. The lowest BCUT2D eigenvalue weighted by Crippen LogP contribution is -2.60. The molecule has 0 amide bonds. The van der Waals surface area contributed by atoms with E-state index in [-0.39, 0.29) is 69.6 Å². The van der Waals surface area contributed by atoms with Gasteiger partial charge in [-0.3, -0.25) is 9.79 Å². The average molecular weight is 1180 g/mol. The van der Waals surface area contributed by atoms with Crippen LogP contribution in [0.2, 0.25) is 0 Å². The van der Waals surface area contributed by atoms with Gasteiger partial charge in [0.05, 0.1) is 54.9 Å². The van der Waals surface area contributed by atoms with Crippen LogP contribution >= 0.6 is 0 Å². The van der Waals surface area contributed by atoms with Gasteiger partial charge in [0.25, 0.3) is 0 Å². The number of cyclic esters (lactones) is 1.